The Labute approximate surface area is 132 Å². The second kappa shape index (κ2) is 6.84. The van der Waals surface area contributed by atoms with Crippen LogP contribution in [0.5, 0.6) is 11.5 Å². The summed E-state index contributed by atoms with van der Waals surface area (Å²) >= 11 is 0. The molecule has 2 aromatic rings. The van der Waals surface area contributed by atoms with Gasteiger partial charge in [0, 0.05) is 19.5 Å². The van der Waals surface area contributed by atoms with E-state index in [-0.39, 0.29) is 12.2 Å². The van der Waals surface area contributed by atoms with Crippen molar-refractivity contribution < 1.29 is 9.47 Å². The molecule has 3 rings (SSSR count). The molecule has 116 valence electrons. The maximum atomic E-state index is 5.93. The molecule has 0 spiro atoms. The first-order chi connectivity index (χ1) is 10.7. The van der Waals surface area contributed by atoms with Crippen LogP contribution in [-0.2, 0) is 13.0 Å². The molecule has 1 aliphatic rings. The summed E-state index contributed by atoms with van der Waals surface area (Å²) in [5.41, 5.74) is 2.54. The van der Waals surface area contributed by atoms with Gasteiger partial charge in [0.25, 0.3) is 0 Å². The monoisotopic (exact) mass is 297 g/mol. The number of hydrogen-bond acceptors (Lipinski definition) is 3. The second-order valence-corrected chi connectivity index (χ2v) is 6.00. The lowest BCUT2D eigenvalue weighted by atomic mass is 10.1. The summed E-state index contributed by atoms with van der Waals surface area (Å²) in [7, 11) is 0. The van der Waals surface area contributed by atoms with Gasteiger partial charge >= 0.3 is 0 Å². The average Bonchev–Trinajstić information content (AvgIpc) is 2.89. The zero-order chi connectivity index (χ0) is 15.4. The summed E-state index contributed by atoms with van der Waals surface area (Å²) in [5.74, 6) is 1.96. The molecule has 0 fully saturated rings. The molecule has 1 heterocycles. The lowest BCUT2D eigenvalue weighted by molar-refractivity contribution is 0.227. The number of hydrogen-bond donors (Lipinski definition) is 1. The molecule has 0 aliphatic carbocycles. The van der Waals surface area contributed by atoms with E-state index in [2.05, 4.69) is 29.6 Å². The number of rotatable bonds is 6. The average molecular weight is 297 g/mol. The molecule has 1 atom stereocenters. The summed E-state index contributed by atoms with van der Waals surface area (Å²) < 4.78 is 11.7. The van der Waals surface area contributed by atoms with E-state index < -0.39 is 0 Å². The molecule has 0 amide bonds. The Morgan fingerprint density at radius 1 is 1.18 bits per heavy atom. The Kier molecular flexibility index (Phi) is 4.64. The fourth-order valence-electron chi connectivity index (χ4n) is 2.75. The molecule has 0 aromatic heterocycles. The van der Waals surface area contributed by atoms with Gasteiger partial charge in [-0.3, -0.25) is 0 Å². The molecule has 1 unspecified atom stereocenters. The van der Waals surface area contributed by atoms with Gasteiger partial charge in [-0.1, -0.05) is 30.3 Å². The second-order valence-electron chi connectivity index (χ2n) is 6.00. The highest BCUT2D eigenvalue weighted by atomic mass is 16.5. The molecule has 2 aromatic carbocycles. The zero-order valence-corrected chi connectivity index (χ0v) is 13.2. The van der Waals surface area contributed by atoms with E-state index >= 15 is 0 Å². The van der Waals surface area contributed by atoms with Gasteiger partial charge in [0.1, 0.15) is 17.6 Å². The van der Waals surface area contributed by atoms with E-state index in [0.29, 0.717) is 0 Å². The van der Waals surface area contributed by atoms with Gasteiger partial charge in [-0.2, -0.15) is 0 Å². The fourth-order valence-corrected chi connectivity index (χ4v) is 2.75. The van der Waals surface area contributed by atoms with Crippen LogP contribution in [0.25, 0.3) is 0 Å². The molecule has 3 heteroatoms. The lowest BCUT2D eigenvalue weighted by Crippen LogP contribution is -2.29. The van der Waals surface area contributed by atoms with Crippen molar-refractivity contribution in [3.63, 3.8) is 0 Å². The normalized spacial score (nSPS) is 16.4. The number of ether oxygens (including phenoxy) is 2. The van der Waals surface area contributed by atoms with Crippen molar-refractivity contribution in [1.82, 2.24) is 5.32 Å². The van der Waals surface area contributed by atoms with Crippen LogP contribution in [0, 0.1) is 0 Å². The van der Waals surface area contributed by atoms with E-state index in [4.69, 9.17) is 9.47 Å². The van der Waals surface area contributed by atoms with Crippen LogP contribution in [-0.4, -0.2) is 18.8 Å². The van der Waals surface area contributed by atoms with Crippen molar-refractivity contribution in [3.8, 4) is 11.5 Å². The number of fused-ring (bicyclic) bond motifs is 1. The fraction of sp³-hybridized carbons (Fsp3) is 0.368. The van der Waals surface area contributed by atoms with Crippen LogP contribution in [0.2, 0.25) is 0 Å². The minimum Gasteiger partial charge on any atom is -0.491 e. The summed E-state index contributed by atoms with van der Waals surface area (Å²) in [6.07, 6.45) is 1.42. The molecule has 0 bridgehead atoms. The van der Waals surface area contributed by atoms with Crippen LogP contribution < -0.4 is 14.8 Å². The van der Waals surface area contributed by atoms with Crippen LogP contribution >= 0.6 is 0 Å². The highest BCUT2D eigenvalue weighted by molar-refractivity contribution is 5.37. The van der Waals surface area contributed by atoms with Gasteiger partial charge in [0.15, 0.2) is 0 Å². The van der Waals surface area contributed by atoms with E-state index in [1.54, 1.807) is 0 Å². The number of nitrogens with one attached hydrogen (secondary N) is 1. The van der Waals surface area contributed by atoms with E-state index in [1.165, 1.54) is 11.1 Å². The van der Waals surface area contributed by atoms with Crippen LogP contribution in [0.3, 0.4) is 0 Å². The topological polar surface area (TPSA) is 30.5 Å². The molecular formula is C19H23NO2. The van der Waals surface area contributed by atoms with Gasteiger partial charge in [-0.15, -0.1) is 0 Å². The third kappa shape index (κ3) is 3.80. The van der Waals surface area contributed by atoms with E-state index in [9.17, 15) is 0 Å². The van der Waals surface area contributed by atoms with Gasteiger partial charge in [-0.25, -0.2) is 0 Å². The van der Waals surface area contributed by atoms with E-state index in [0.717, 1.165) is 31.0 Å². The summed E-state index contributed by atoms with van der Waals surface area (Å²) in [5, 5.41) is 3.48. The third-order valence-electron chi connectivity index (χ3n) is 3.69. The first-order valence-electron chi connectivity index (χ1n) is 7.91. The third-order valence-corrected chi connectivity index (χ3v) is 3.69. The summed E-state index contributed by atoms with van der Waals surface area (Å²) in [6, 6.07) is 16.5. The largest absolute Gasteiger partial charge is 0.491 e. The van der Waals surface area contributed by atoms with Crippen molar-refractivity contribution in [1.29, 1.82) is 0 Å². The first-order valence-corrected chi connectivity index (χ1v) is 7.91. The maximum absolute atomic E-state index is 5.93. The standard InChI is InChI=1S/C19H23NO2/c1-14(2)21-17-8-5-6-15(10-17)12-20-13-18-11-16-7-3-4-9-19(16)22-18/h3-10,14,18,20H,11-13H2,1-2H3. The SMILES string of the molecule is CC(C)Oc1cccc(CNCC2Cc3ccccc3O2)c1. The molecule has 0 radical (unpaired) electrons. The molecule has 22 heavy (non-hydrogen) atoms. The van der Waals surface area contributed by atoms with Crippen molar-refractivity contribution in [3.05, 3.63) is 59.7 Å². The molecule has 0 saturated heterocycles. The number of para-hydroxylation sites is 1. The molecule has 3 nitrogen and oxygen atoms in total. The van der Waals surface area contributed by atoms with Gasteiger partial charge < -0.3 is 14.8 Å². The Morgan fingerprint density at radius 2 is 2.05 bits per heavy atom. The molecular weight excluding hydrogens is 274 g/mol. The van der Waals surface area contributed by atoms with Crippen LogP contribution in [0.4, 0.5) is 0 Å². The van der Waals surface area contributed by atoms with Gasteiger partial charge in [0.2, 0.25) is 0 Å². The molecule has 1 aliphatic heterocycles. The van der Waals surface area contributed by atoms with Gasteiger partial charge in [-0.05, 0) is 43.2 Å². The Bertz CT molecular complexity index is 599. The molecule has 1 N–H and O–H groups in total. The minimum absolute atomic E-state index is 0.202. The first kappa shape index (κ1) is 14.9. The Hall–Kier alpha value is -2.00. The van der Waals surface area contributed by atoms with Crippen LogP contribution in [0.1, 0.15) is 25.0 Å². The molecule has 0 saturated carbocycles. The number of benzene rings is 2. The highest BCUT2D eigenvalue weighted by Gasteiger charge is 2.21. The Morgan fingerprint density at radius 3 is 2.86 bits per heavy atom. The quantitative estimate of drug-likeness (QED) is 0.884. The van der Waals surface area contributed by atoms with Crippen LogP contribution in [0.15, 0.2) is 48.5 Å². The maximum Gasteiger partial charge on any atom is 0.123 e. The van der Waals surface area contributed by atoms with E-state index in [1.807, 2.05) is 38.1 Å². The lowest BCUT2D eigenvalue weighted by Gasteiger charge is -2.13. The zero-order valence-electron chi connectivity index (χ0n) is 13.2. The summed E-state index contributed by atoms with van der Waals surface area (Å²) in [4.78, 5) is 0. The Balaban J connectivity index is 1.48. The highest BCUT2D eigenvalue weighted by Crippen LogP contribution is 2.27. The summed E-state index contributed by atoms with van der Waals surface area (Å²) in [6.45, 7) is 5.76. The van der Waals surface area contributed by atoms with Crippen molar-refractivity contribution in [2.75, 3.05) is 6.54 Å². The van der Waals surface area contributed by atoms with Crippen molar-refractivity contribution in [2.45, 2.75) is 39.0 Å². The van der Waals surface area contributed by atoms with Crippen molar-refractivity contribution >= 4 is 0 Å². The predicted molar refractivity (Wildman–Crippen MR) is 88.5 cm³/mol. The smallest absolute Gasteiger partial charge is 0.123 e. The predicted octanol–water partition coefficient (Wildman–Crippen LogP) is 3.57. The minimum atomic E-state index is 0.202. The van der Waals surface area contributed by atoms with Crippen molar-refractivity contribution in [2.24, 2.45) is 0 Å². The van der Waals surface area contributed by atoms with Gasteiger partial charge in [0.05, 0.1) is 6.10 Å².